The highest BCUT2D eigenvalue weighted by Crippen LogP contribution is 2.33. The Labute approximate surface area is 206 Å². The number of aromatic nitrogens is 1. The Morgan fingerprint density at radius 3 is 2.35 bits per heavy atom. The molecule has 2 aromatic carbocycles. The third-order valence-electron chi connectivity index (χ3n) is 6.11. The van der Waals surface area contributed by atoms with Crippen molar-refractivity contribution in [1.82, 2.24) is 14.2 Å². The molecule has 0 atom stereocenters. The van der Waals surface area contributed by atoms with Crippen LogP contribution >= 0.6 is 11.3 Å². The highest BCUT2D eigenvalue weighted by Gasteiger charge is 2.35. The van der Waals surface area contributed by atoms with Gasteiger partial charge < -0.3 is 4.90 Å². The summed E-state index contributed by atoms with van der Waals surface area (Å²) in [5.41, 5.74) is 3.63. The van der Waals surface area contributed by atoms with Crippen molar-refractivity contribution in [1.29, 1.82) is 0 Å². The van der Waals surface area contributed by atoms with Gasteiger partial charge in [-0.05, 0) is 95.2 Å². The molecular weight excluding hydrogens is 468 g/mol. The lowest BCUT2D eigenvalue weighted by molar-refractivity contribution is 0.0986. The maximum atomic E-state index is 13.6. The fourth-order valence-corrected chi connectivity index (χ4v) is 6.49. The number of benzene rings is 2. The zero-order chi connectivity index (χ0) is 24.6. The van der Waals surface area contributed by atoms with Gasteiger partial charge >= 0.3 is 0 Å². The fraction of sp³-hybridized carbons (Fsp3) is 0.440. The van der Waals surface area contributed by atoms with Crippen LogP contribution in [0, 0.1) is 13.8 Å². The Hall–Kier alpha value is -2.33. The number of anilines is 1. The number of nitrogens with zero attached hydrogens (tertiary/aromatic N) is 4. The predicted octanol–water partition coefficient (Wildman–Crippen LogP) is 4.29. The first-order valence-electron chi connectivity index (χ1n) is 11.5. The van der Waals surface area contributed by atoms with Gasteiger partial charge in [0.25, 0.3) is 5.91 Å². The van der Waals surface area contributed by atoms with E-state index in [1.54, 1.807) is 24.1 Å². The van der Waals surface area contributed by atoms with Crippen molar-refractivity contribution >= 4 is 42.6 Å². The lowest BCUT2D eigenvalue weighted by Crippen LogP contribution is -2.33. The molecule has 1 fully saturated rings. The first-order chi connectivity index (χ1) is 16.1. The Bertz CT molecular complexity index is 1300. The molecule has 0 unspecified atom stereocenters. The van der Waals surface area contributed by atoms with E-state index in [-0.39, 0.29) is 16.8 Å². The van der Waals surface area contributed by atoms with Crippen molar-refractivity contribution in [3.63, 3.8) is 0 Å². The second-order valence-electron chi connectivity index (χ2n) is 9.32. The standard InChI is InChI=1S/C25H32N4O3S2/c1-17-15-18(2)23-22(16-17)26-25(33-23)29(14-6-13-27(3)4)24(30)19-7-11-21(12-8-19)34(31,32)28(5)20-9-10-20/h7-8,11-12,15-16,20H,6,9-10,13-14H2,1-5H3. The lowest BCUT2D eigenvalue weighted by atomic mass is 10.1. The summed E-state index contributed by atoms with van der Waals surface area (Å²) in [7, 11) is 2.09. The first kappa shape index (κ1) is 24.8. The Morgan fingerprint density at radius 2 is 1.74 bits per heavy atom. The summed E-state index contributed by atoms with van der Waals surface area (Å²) in [5, 5.41) is 0.664. The van der Waals surface area contributed by atoms with Crippen LogP contribution < -0.4 is 4.90 Å². The third kappa shape index (κ3) is 5.17. The summed E-state index contributed by atoms with van der Waals surface area (Å²) in [5.74, 6) is -0.174. The number of sulfonamides is 1. The molecule has 34 heavy (non-hydrogen) atoms. The van der Waals surface area contributed by atoms with E-state index in [1.807, 2.05) is 27.1 Å². The van der Waals surface area contributed by atoms with Crippen LogP contribution in [0.1, 0.15) is 40.7 Å². The monoisotopic (exact) mass is 500 g/mol. The molecule has 1 aliphatic carbocycles. The molecule has 1 saturated carbocycles. The molecule has 182 valence electrons. The number of hydrogen-bond acceptors (Lipinski definition) is 6. The van der Waals surface area contributed by atoms with Crippen molar-refractivity contribution in [3.05, 3.63) is 53.1 Å². The second kappa shape index (κ2) is 9.73. The minimum absolute atomic E-state index is 0.0876. The molecule has 9 heteroatoms. The number of carbonyl (C=O) groups excluding carboxylic acids is 1. The van der Waals surface area contributed by atoms with Gasteiger partial charge in [-0.2, -0.15) is 4.31 Å². The Kier molecular flexibility index (Phi) is 7.09. The van der Waals surface area contributed by atoms with E-state index in [0.29, 0.717) is 17.2 Å². The largest absolute Gasteiger partial charge is 0.309 e. The molecule has 1 aliphatic rings. The van der Waals surface area contributed by atoms with Crippen molar-refractivity contribution in [3.8, 4) is 0 Å². The number of carbonyl (C=O) groups is 1. The summed E-state index contributed by atoms with van der Waals surface area (Å²) >= 11 is 1.52. The smallest absolute Gasteiger partial charge is 0.260 e. The molecule has 0 N–H and O–H groups in total. The number of fused-ring (bicyclic) bond motifs is 1. The molecule has 7 nitrogen and oxygen atoms in total. The van der Waals surface area contributed by atoms with Crippen LogP contribution in [0.15, 0.2) is 41.3 Å². The molecule has 1 aromatic heterocycles. The maximum Gasteiger partial charge on any atom is 0.260 e. The van der Waals surface area contributed by atoms with E-state index in [2.05, 4.69) is 17.9 Å². The van der Waals surface area contributed by atoms with Gasteiger partial charge in [-0.15, -0.1) is 0 Å². The van der Waals surface area contributed by atoms with E-state index in [0.717, 1.165) is 47.2 Å². The summed E-state index contributed by atoms with van der Waals surface area (Å²) < 4.78 is 28.2. The van der Waals surface area contributed by atoms with Gasteiger partial charge in [0, 0.05) is 25.2 Å². The number of rotatable bonds is 9. The zero-order valence-corrected chi connectivity index (χ0v) is 22.0. The van der Waals surface area contributed by atoms with Crippen LogP contribution in [0.4, 0.5) is 5.13 Å². The van der Waals surface area contributed by atoms with Crippen molar-refractivity contribution in [2.45, 2.75) is 44.0 Å². The summed E-state index contributed by atoms with van der Waals surface area (Å²) in [6.07, 6.45) is 2.59. The van der Waals surface area contributed by atoms with Gasteiger partial charge in [0.1, 0.15) is 0 Å². The summed E-state index contributed by atoms with van der Waals surface area (Å²) in [6.45, 7) is 5.48. The van der Waals surface area contributed by atoms with Gasteiger partial charge in [0.05, 0.1) is 15.1 Å². The van der Waals surface area contributed by atoms with Gasteiger partial charge in [-0.25, -0.2) is 13.4 Å². The van der Waals surface area contributed by atoms with Crippen LogP contribution in [-0.2, 0) is 10.0 Å². The topological polar surface area (TPSA) is 73.8 Å². The number of aryl methyl sites for hydroxylation is 2. The second-order valence-corrected chi connectivity index (χ2v) is 12.3. The van der Waals surface area contributed by atoms with Crippen LogP contribution in [0.3, 0.4) is 0 Å². The fourth-order valence-electron chi connectivity index (χ4n) is 4.04. The minimum atomic E-state index is -3.55. The van der Waals surface area contributed by atoms with Crippen molar-refractivity contribution in [2.75, 3.05) is 39.1 Å². The van der Waals surface area contributed by atoms with Crippen LogP contribution in [-0.4, -0.2) is 68.8 Å². The van der Waals surface area contributed by atoms with Gasteiger partial charge in [0.2, 0.25) is 10.0 Å². The van der Waals surface area contributed by atoms with Gasteiger partial charge in [-0.3, -0.25) is 9.69 Å². The summed E-state index contributed by atoms with van der Waals surface area (Å²) in [6, 6.07) is 10.5. The maximum absolute atomic E-state index is 13.6. The lowest BCUT2D eigenvalue weighted by Gasteiger charge is -2.21. The molecule has 1 amide bonds. The average Bonchev–Trinajstić information content (AvgIpc) is 3.55. The SMILES string of the molecule is Cc1cc(C)c2sc(N(CCCN(C)C)C(=O)c3ccc(S(=O)(=O)N(C)C4CC4)cc3)nc2c1. The molecule has 4 rings (SSSR count). The van der Waals surface area contributed by atoms with Crippen LogP contribution in [0.2, 0.25) is 0 Å². The van der Waals surface area contributed by atoms with E-state index in [9.17, 15) is 13.2 Å². The van der Waals surface area contributed by atoms with E-state index < -0.39 is 10.0 Å². The van der Waals surface area contributed by atoms with Gasteiger partial charge in [0.15, 0.2) is 5.13 Å². The average molecular weight is 501 g/mol. The molecule has 0 aliphatic heterocycles. The van der Waals surface area contributed by atoms with E-state index in [4.69, 9.17) is 4.98 Å². The van der Waals surface area contributed by atoms with E-state index >= 15 is 0 Å². The molecule has 0 spiro atoms. The van der Waals surface area contributed by atoms with Crippen LogP contribution in [0.25, 0.3) is 10.2 Å². The molecule has 3 aromatic rings. The molecular formula is C25H32N4O3S2. The first-order valence-corrected chi connectivity index (χ1v) is 13.8. The molecule has 0 bridgehead atoms. The van der Waals surface area contributed by atoms with Crippen molar-refractivity contribution < 1.29 is 13.2 Å². The zero-order valence-electron chi connectivity index (χ0n) is 20.4. The number of hydrogen-bond donors (Lipinski definition) is 0. The quantitative estimate of drug-likeness (QED) is 0.438. The molecule has 0 radical (unpaired) electrons. The van der Waals surface area contributed by atoms with Crippen LogP contribution in [0.5, 0.6) is 0 Å². The molecule has 0 saturated heterocycles. The minimum Gasteiger partial charge on any atom is -0.309 e. The normalized spacial score (nSPS) is 14.3. The number of amides is 1. The number of thiazole rings is 1. The Balaban J connectivity index is 1.63. The Morgan fingerprint density at radius 1 is 1.06 bits per heavy atom. The third-order valence-corrected chi connectivity index (χ3v) is 9.27. The highest BCUT2D eigenvalue weighted by molar-refractivity contribution is 7.89. The van der Waals surface area contributed by atoms with E-state index in [1.165, 1.54) is 27.8 Å². The summed E-state index contributed by atoms with van der Waals surface area (Å²) in [4.78, 5) is 22.4. The van der Waals surface area contributed by atoms with Crippen molar-refractivity contribution in [2.24, 2.45) is 0 Å². The molecule has 1 heterocycles. The van der Waals surface area contributed by atoms with Gasteiger partial charge in [-0.1, -0.05) is 17.4 Å². The predicted molar refractivity (Wildman–Crippen MR) is 138 cm³/mol. The highest BCUT2D eigenvalue weighted by atomic mass is 32.2.